The molecule has 37 heavy (non-hydrogen) atoms. The van der Waals surface area contributed by atoms with E-state index >= 15 is 0 Å². The maximum atomic E-state index is 2.73. The summed E-state index contributed by atoms with van der Waals surface area (Å²) in [5.74, 6) is 3.73. The van der Waals surface area contributed by atoms with Crippen molar-refractivity contribution in [1.82, 2.24) is 0 Å². The topological polar surface area (TPSA) is 0 Å². The number of hydrogen-bond donors (Lipinski definition) is 0. The van der Waals surface area contributed by atoms with E-state index in [2.05, 4.69) is 62.5 Å². The number of hydrogen-bond acceptors (Lipinski definition) is 0. The second-order valence-corrected chi connectivity index (χ2v) is 27.8. The Morgan fingerprint density at radius 1 is 0.622 bits per heavy atom. The van der Waals surface area contributed by atoms with Crippen LogP contribution in [0.5, 0.6) is 0 Å². The Morgan fingerprint density at radius 2 is 1.03 bits per heavy atom. The Kier molecular flexibility index (Phi) is 11.0. The first-order valence-corrected chi connectivity index (χ1v) is 23.9. The molecule has 0 aromatic rings. The third kappa shape index (κ3) is 5.67. The van der Waals surface area contributed by atoms with Crippen LogP contribution < -0.4 is 24.8 Å². The molecule has 0 aromatic heterocycles. The van der Waals surface area contributed by atoms with Gasteiger partial charge in [0.2, 0.25) is 0 Å². The molecule has 0 aromatic carbocycles. The van der Waals surface area contributed by atoms with Crippen LogP contribution in [-0.2, 0) is 23.2 Å². The van der Waals surface area contributed by atoms with Crippen molar-refractivity contribution in [3.05, 3.63) is 48.6 Å². The first kappa shape index (κ1) is 30.8. The molecule has 0 N–H and O–H groups in total. The van der Waals surface area contributed by atoms with Crippen molar-refractivity contribution < 1.29 is 48.0 Å². The van der Waals surface area contributed by atoms with E-state index in [1.54, 1.807) is 61.9 Å². The zero-order chi connectivity index (χ0) is 23.9. The Hall–Kier alpha value is 0.857. The number of rotatable bonds is 10. The van der Waals surface area contributed by atoms with E-state index in [0.29, 0.717) is 0 Å². The average molecular weight is 653 g/mol. The molecule has 6 rings (SSSR count). The van der Waals surface area contributed by atoms with E-state index in [-0.39, 0.29) is 24.8 Å². The van der Waals surface area contributed by atoms with Gasteiger partial charge in [-0.3, -0.25) is 0 Å². The summed E-state index contributed by atoms with van der Waals surface area (Å²) in [4.78, 5) is 0. The molecule has 0 amide bonds. The molecule has 0 radical (unpaired) electrons. The maximum Gasteiger partial charge on any atom is -1.00 e. The summed E-state index contributed by atoms with van der Waals surface area (Å²) in [5.41, 5.74) is 2.37. The minimum atomic E-state index is -1.05. The quantitative estimate of drug-likeness (QED) is 0.310. The summed E-state index contributed by atoms with van der Waals surface area (Å²) in [6.07, 6.45) is 32.8. The van der Waals surface area contributed by atoms with Crippen molar-refractivity contribution in [3.8, 4) is 0 Å². The molecule has 2 heterocycles. The number of allylic oxidation sites excluding steroid dienone is 8. The largest absolute Gasteiger partial charge is 1.00 e. The van der Waals surface area contributed by atoms with E-state index in [1.165, 1.54) is 44.0 Å². The van der Waals surface area contributed by atoms with Gasteiger partial charge in [0, 0.05) is 0 Å². The molecule has 6 aliphatic rings. The van der Waals surface area contributed by atoms with E-state index in [9.17, 15) is 0 Å². The van der Waals surface area contributed by atoms with Gasteiger partial charge in [0.15, 0.2) is 0 Å². The number of unbranched alkanes of at least 4 members (excludes halogenated alkanes) is 2. The van der Waals surface area contributed by atoms with Crippen LogP contribution in [0.3, 0.4) is 0 Å². The Balaban J connectivity index is 0.00000160. The van der Waals surface area contributed by atoms with Gasteiger partial charge in [0.25, 0.3) is 0 Å². The van der Waals surface area contributed by atoms with Gasteiger partial charge in [-0.15, -0.1) is 0 Å². The van der Waals surface area contributed by atoms with Crippen LogP contribution in [0.4, 0.5) is 0 Å². The first-order chi connectivity index (χ1) is 17.2. The van der Waals surface area contributed by atoms with Gasteiger partial charge in [-0.05, 0) is 0 Å². The van der Waals surface area contributed by atoms with Gasteiger partial charge in [-0.25, -0.2) is 0 Å². The SMILES string of the molecule is CCCC[Si]1(C2[CH]([Zr+2][CH]3CC4C=CC=CC4C3[Si]3(CCCC)CCC3)CC3C=CC=CC32)CCC1.[Cl-].[Cl-]. The van der Waals surface area contributed by atoms with Gasteiger partial charge >= 0.3 is 231 Å². The zero-order valence-electron chi connectivity index (χ0n) is 23.4. The van der Waals surface area contributed by atoms with Gasteiger partial charge in [-0.1, -0.05) is 0 Å². The summed E-state index contributed by atoms with van der Waals surface area (Å²) in [7, 11) is -2.11. The van der Waals surface area contributed by atoms with Gasteiger partial charge in [0.1, 0.15) is 0 Å². The predicted octanol–water partition coefficient (Wildman–Crippen LogP) is 4.22. The molecule has 4 aliphatic carbocycles. The Bertz CT molecular complexity index is 804. The molecule has 4 fully saturated rings. The van der Waals surface area contributed by atoms with Crippen molar-refractivity contribution in [2.75, 3.05) is 0 Å². The summed E-state index contributed by atoms with van der Waals surface area (Å²) in [6, 6.07) is 10.2. The average Bonchev–Trinajstić information content (AvgIpc) is 3.37. The van der Waals surface area contributed by atoms with Crippen LogP contribution in [-0.4, -0.2) is 16.1 Å². The third-order valence-electron chi connectivity index (χ3n) is 11.9. The fourth-order valence-corrected chi connectivity index (χ4v) is 33.9. The van der Waals surface area contributed by atoms with Gasteiger partial charge in [-0.2, -0.15) is 0 Å². The molecule has 8 atom stereocenters. The second kappa shape index (κ2) is 13.2. The van der Waals surface area contributed by atoms with Crippen molar-refractivity contribution in [1.29, 1.82) is 0 Å². The molecule has 2 saturated carbocycles. The normalized spacial score (nSPS) is 39.4. The van der Waals surface area contributed by atoms with E-state index in [1.807, 2.05) is 0 Å². The number of fused-ring (bicyclic) bond motifs is 2. The first-order valence-electron chi connectivity index (χ1n) is 15.7. The fourth-order valence-electron chi connectivity index (χ4n) is 10.1. The van der Waals surface area contributed by atoms with Crippen LogP contribution in [0.2, 0.25) is 54.6 Å². The molecule has 5 heteroatoms. The van der Waals surface area contributed by atoms with Crippen molar-refractivity contribution >= 4 is 16.1 Å². The molecule has 2 aliphatic heterocycles. The molecular weight excluding hydrogens is 603 g/mol. The van der Waals surface area contributed by atoms with Crippen molar-refractivity contribution in [2.24, 2.45) is 23.7 Å². The zero-order valence-corrected chi connectivity index (χ0v) is 29.4. The molecule has 8 unspecified atom stereocenters. The van der Waals surface area contributed by atoms with Crippen LogP contribution in [0.1, 0.15) is 65.2 Å². The molecule has 0 bridgehead atoms. The number of halogens is 2. The summed E-state index contributed by atoms with van der Waals surface area (Å²) in [5, 5.41) is 0. The fraction of sp³-hybridized carbons (Fsp3) is 0.750. The van der Waals surface area contributed by atoms with Crippen molar-refractivity contribution in [3.63, 3.8) is 0 Å². The van der Waals surface area contributed by atoms with Crippen LogP contribution in [0.25, 0.3) is 0 Å². The monoisotopic (exact) mass is 650 g/mol. The third-order valence-corrected chi connectivity index (χ3v) is 31.1. The van der Waals surface area contributed by atoms with Crippen LogP contribution in [0.15, 0.2) is 48.6 Å². The van der Waals surface area contributed by atoms with E-state index in [4.69, 9.17) is 0 Å². The van der Waals surface area contributed by atoms with Gasteiger partial charge < -0.3 is 24.8 Å². The predicted molar refractivity (Wildman–Crippen MR) is 154 cm³/mol. The Labute approximate surface area is 254 Å². The molecular formula is C32H50Cl2Si2Zr. The molecule has 2 saturated heterocycles. The molecule has 0 spiro atoms. The smallest absolute Gasteiger partial charge is 1.00 e. The Morgan fingerprint density at radius 3 is 1.38 bits per heavy atom. The van der Waals surface area contributed by atoms with E-state index < -0.39 is 39.4 Å². The van der Waals surface area contributed by atoms with Gasteiger partial charge in [0.05, 0.1) is 0 Å². The minimum Gasteiger partial charge on any atom is -1.00 e. The minimum absolute atomic E-state index is 0. The van der Waals surface area contributed by atoms with Crippen molar-refractivity contribution in [2.45, 2.75) is 120 Å². The standard InChI is InChI=1S/2C16H25Si.2ClH.Zr/c2*1-2-3-11-17(12-6-13-17)16-10-9-14-7-4-5-8-15(14)16;;;/h2*4-5,7-8,10,14-16H,2-3,6,9,11-13H2,1H3;2*1H;/q;;;;+2/p-2. The maximum absolute atomic E-state index is 2.73. The van der Waals surface area contributed by atoms with E-state index in [0.717, 1.165) is 23.7 Å². The summed E-state index contributed by atoms with van der Waals surface area (Å²) < 4.78 is 2.42. The molecule has 204 valence electrons. The van der Waals surface area contributed by atoms with Crippen LogP contribution >= 0.6 is 0 Å². The molecule has 0 nitrogen and oxygen atoms in total. The van der Waals surface area contributed by atoms with Crippen LogP contribution in [0, 0.1) is 23.7 Å². The summed E-state index contributed by atoms with van der Waals surface area (Å²) >= 11 is -0.438. The summed E-state index contributed by atoms with van der Waals surface area (Å²) in [6.45, 7) is 4.89. The second-order valence-electron chi connectivity index (χ2n) is 13.6.